The molecule has 7 heteroatoms. The number of ether oxygens (including phenoxy) is 1. The number of aryl methyl sites for hydroxylation is 2. The Morgan fingerprint density at radius 1 is 0.857 bits per heavy atom. The smallest absolute Gasteiger partial charge is 0.408 e. The minimum atomic E-state index is -0.878. The summed E-state index contributed by atoms with van der Waals surface area (Å²) in [5, 5.41) is 5.94. The van der Waals surface area contributed by atoms with Crippen LogP contribution >= 0.6 is 0 Å². The van der Waals surface area contributed by atoms with Gasteiger partial charge in [-0.3, -0.25) is 9.59 Å². The predicted molar refractivity (Wildman–Crippen MR) is 170 cm³/mol. The molecule has 2 rings (SSSR count). The Hall–Kier alpha value is -3.35. The van der Waals surface area contributed by atoms with Crippen molar-refractivity contribution in [2.45, 2.75) is 119 Å². The molecule has 232 valence electrons. The molecule has 0 aliphatic heterocycles. The van der Waals surface area contributed by atoms with E-state index in [4.69, 9.17) is 4.74 Å². The molecule has 0 heterocycles. The van der Waals surface area contributed by atoms with Gasteiger partial charge in [-0.2, -0.15) is 0 Å². The van der Waals surface area contributed by atoms with Gasteiger partial charge in [-0.15, -0.1) is 0 Å². The van der Waals surface area contributed by atoms with Gasteiger partial charge < -0.3 is 20.3 Å². The largest absolute Gasteiger partial charge is 0.444 e. The molecule has 3 unspecified atom stereocenters. The lowest BCUT2D eigenvalue weighted by Gasteiger charge is -2.39. The lowest BCUT2D eigenvalue weighted by atomic mass is 9.94. The van der Waals surface area contributed by atoms with Crippen LogP contribution in [0.2, 0.25) is 0 Å². The third-order valence-electron chi connectivity index (χ3n) is 6.98. The van der Waals surface area contributed by atoms with Crippen LogP contribution < -0.4 is 10.6 Å². The molecule has 42 heavy (non-hydrogen) atoms. The standard InChI is InChI=1S/C35H53N3O4/c1-23(2)16-17-27(7)38(33(40)30(18-24(3)4)37-34(41)42-35(8,9)10)31(29-20-25(5)19-26(6)21-29)32(39)36-22-28-14-12-11-13-15-28/h11-15,19-21,23-24,27,30-31H,16-18,22H2,1-10H3,(H,36,39)(H,37,41). The highest BCUT2D eigenvalue weighted by Crippen LogP contribution is 2.30. The number of amides is 3. The Kier molecular flexibility index (Phi) is 13.1. The van der Waals surface area contributed by atoms with Crippen molar-refractivity contribution in [3.8, 4) is 0 Å². The lowest BCUT2D eigenvalue weighted by Crippen LogP contribution is -2.56. The molecule has 0 aliphatic carbocycles. The van der Waals surface area contributed by atoms with Crippen molar-refractivity contribution in [3.63, 3.8) is 0 Å². The Bertz CT molecular complexity index is 1150. The number of hydrogen-bond acceptors (Lipinski definition) is 4. The zero-order valence-corrected chi connectivity index (χ0v) is 27.4. The molecule has 0 saturated heterocycles. The molecule has 2 N–H and O–H groups in total. The van der Waals surface area contributed by atoms with Crippen LogP contribution in [0.15, 0.2) is 48.5 Å². The van der Waals surface area contributed by atoms with Crippen LogP contribution in [0.1, 0.15) is 103 Å². The molecule has 3 atom stereocenters. The number of benzene rings is 2. The third-order valence-corrected chi connectivity index (χ3v) is 6.98. The summed E-state index contributed by atoms with van der Waals surface area (Å²) in [5.74, 6) is 0.00889. The van der Waals surface area contributed by atoms with E-state index >= 15 is 0 Å². The Labute approximate surface area is 253 Å². The van der Waals surface area contributed by atoms with Crippen LogP contribution in [0.3, 0.4) is 0 Å². The SMILES string of the molecule is Cc1cc(C)cc(C(C(=O)NCc2ccccc2)N(C(=O)C(CC(C)C)NC(=O)OC(C)(C)C)C(C)CCC(C)C)c1. The normalized spacial score (nSPS) is 13.8. The summed E-state index contributed by atoms with van der Waals surface area (Å²) in [6.45, 7) is 20.0. The molecule has 0 radical (unpaired) electrons. The van der Waals surface area contributed by atoms with Crippen molar-refractivity contribution in [1.82, 2.24) is 15.5 Å². The Morgan fingerprint density at radius 3 is 1.98 bits per heavy atom. The number of alkyl carbamates (subject to hydrolysis) is 1. The minimum Gasteiger partial charge on any atom is -0.444 e. The second-order valence-electron chi connectivity index (χ2n) is 13.4. The zero-order valence-electron chi connectivity index (χ0n) is 27.4. The summed E-state index contributed by atoms with van der Waals surface area (Å²) < 4.78 is 5.53. The van der Waals surface area contributed by atoms with E-state index in [-0.39, 0.29) is 23.8 Å². The highest BCUT2D eigenvalue weighted by atomic mass is 16.6. The number of hydrogen-bond donors (Lipinski definition) is 2. The summed E-state index contributed by atoms with van der Waals surface area (Å²) in [7, 11) is 0. The minimum absolute atomic E-state index is 0.119. The summed E-state index contributed by atoms with van der Waals surface area (Å²) in [6, 6.07) is 13.8. The quantitative estimate of drug-likeness (QED) is 0.262. The fourth-order valence-electron chi connectivity index (χ4n) is 5.12. The molecule has 2 aromatic rings. The van der Waals surface area contributed by atoms with Gasteiger partial charge >= 0.3 is 6.09 Å². The highest BCUT2D eigenvalue weighted by molar-refractivity contribution is 5.92. The molecule has 0 bridgehead atoms. The Morgan fingerprint density at radius 2 is 1.45 bits per heavy atom. The summed E-state index contributed by atoms with van der Waals surface area (Å²) >= 11 is 0. The average Bonchev–Trinajstić information content (AvgIpc) is 2.86. The van der Waals surface area contributed by atoms with E-state index in [2.05, 4.69) is 30.5 Å². The molecule has 0 spiro atoms. The maximum absolute atomic E-state index is 14.6. The van der Waals surface area contributed by atoms with E-state index in [1.165, 1.54) is 0 Å². The van der Waals surface area contributed by atoms with Gasteiger partial charge in [-0.1, -0.05) is 87.4 Å². The summed E-state index contributed by atoms with van der Waals surface area (Å²) in [4.78, 5) is 43.4. The monoisotopic (exact) mass is 579 g/mol. The van der Waals surface area contributed by atoms with E-state index in [1.807, 2.05) is 77.1 Å². The van der Waals surface area contributed by atoms with Gasteiger partial charge in [0.2, 0.25) is 11.8 Å². The first-order valence-corrected chi connectivity index (χ1v) is 15.3. The van der Waals surface area contributed by atoms with Crippen molar-refractivity contribution in [1.29, 1.82) is 0 Å². The number of carbonyl (C=O) groups is 3. The second-order valence-corrected chi connectivity index (χ2v) is 13.4. The second kappa shape index (κ2) is 15.8. The fourth-order valence-corrected chi connectivity index (χ4v) is 5.12. The van der Waals surface area contributed by atoms with E-state index in [0.717, 1.165) is 35.1 Å². The maximum Gasteiger partial charge on any atom is 0.408 e. The van der Waals surface area contributed by atoms with E-state index in [0.29, 0.717) is 18.9 Å². The van der Waals surface area contributed by atoms with Crippen LogP contribution in [0.5, 0.6) is 0 Å². The number of rotatable bonds is 13. The first-order chi connectivity index (χ1) is 19.6. The van der Waals surface area contributed by atoms with E-state index in [1.54, 1.807) is 25.7 Å². The molecular weight excluding hydrogens is 526 g/mol. The van der Waals surface area contributed by atoms with Gasteiger partial charge in [-0.05, 0) is 83.8 Å². The van der Waals surface area contributed by atoms with Crippen molar-refractivity contribution >= 4 is 17.9 Å². The topological polar surface area (TPSA) is 87.7 Å². The van der Waals surface area contributed by atoms with Crippen LogP contribution in [0.4, 0.5) is 4.79 Å². The van der Waals surface area contributed by atoms with Gasteiger partial charge in [-0.25, -0.2) is 4.79 Å². The van der Waals surface area contributed by atoms with Crippen molar-refractivity contribution in [3.05, 3.63) is 70.8 Å². The summed E-state index contributed by atoms with van der Waals surface area (Å²) in [5.41, 5.74) is 3.04. The Balaban J connectivity index is 2.61. The van der Waals surface area contributed by atoms with Gasteiger partial charge in [0.25, 0.3) is 0 Å². The van der Waals surface area contributed by atoms with Crippen molar-refractivity contribution < 1.29 is 19.1 Å². The molecule has 3 amide bonds. The van der Waals surface area contributed by atoms with Crippen molar-refractivity contribution in [2.75, 3.05) is 0 Å². The first kappa shape index (κ1) is 34.8. The zero-order chi connectivity index (χ0) is 31.6. The molecule has 0 fully saturated rings. The van der Waals surface area contributed by atoms with E-state index in [9.17, 15) is 14.4 Å². The predicted octanol–water partition coefficient (Wildman–Crippen LogP) is 7.25. The first-order valence-electron chi connectivity index (χ1n) is 15.3. The van der Waals surface area contributed by atoms with Gasteiger partial charge in [0.15, 0.2) is 0 Å². The van der Waals surface area contributed by atoms with Gasteiger partial charge in [0, 0.05) is 12.6 Å². The van der Waals surface area contributed by atoms with Crippen LogP contribution in [0, 0.1) is 25.7 Å². The van der Waals surface area contributed by atoms with Crippen molar-refractivity contribution in [2.24, 2.45) is 11.8 Å². The number of nitrogens with one attached hydrogen (secondary N) is 2. The van der Waals surface area contributed by atoms with Crippen LogP contribution in [-0.2, 0) is 20.9 Å². The van der Waals surface area contributed by atoms with Crippen LogP contribution in [0.25, 0.3) is 0 Å². The highest BCUT2D eigenvalue weighted by Gasteiger charge is 2.39. The number of nitrogens with zero attached hydrogens (tertiary/aromatic N) is 1. The maximum atomic E-state index is 14.6. The number of carbonyl (C=O) groups excluding carboxylic acids is 3. The molecule has 0 saturated carbocycles. The molecular formula is C35H53N3O4. The molecule has 2 aromatic carbocycles. The average molecular weight is 580 g/mol. The summed E-state index contributed by atoms with van der Waals surface area (Å²) in [6.07, 6.45) is 1.38. The lowest BCUT2D eigenvalue weighted by molar-refractivity contribution is -0.145. The molecule has 0 aliphatic rings. The van der Waals surface area contributed by atoms with E-state index < -0.39 is 23.8 Å². The van der Waals surface area contributed by atoms with Gasteiger partial charge in [0.1, 0.15) is 17.7 Å². The fraction of sp³-hybridized carbons (Fsp3) is 0.571. The molecule has 7 nitrogen and oxygen atoms in total. The van der Waals surface area contributed by atoms with Gasteiger partial charge in [0.05, 0.1) is 0 Å². The van der Waals surface area contributed by atoms with Crippen LogP contribution in [-0.4, -0.2) is 40.5 Å². The third kappa shape index (κ3) is 11.5. The molecule has 0 aromatic heterocycles.